The summed E-state index contributed by atoms with van der Waals surface area (Å²) in [4.78, 5) is 7.90. The monoisotopic (exact) mass is 372 g/mol. The highest BCUT2D eigenvalue weighted by molar-refractivity contribution is 5.66. The van der Waals surface area contributed by atoms with Crippen LogP contribution >= 0.6 is 0 Å². The van der Waals surface area contributed by atoms with Crippen LogP contribution in [-0.4, -0.2) is 9.97 Å². The molecule has 0 saturated carbocycles. The third-order valence-electron chi connectivity index (χ3n) is 3.58. The fourth-order valence-electron chi connectivity index (χ4n) is 2.38. The number of hydrogen-bond acceptors (Lipinski definition) is 3. The number of benzene rings is 1. The molecular weight excluding hydrogens is 362 g/mol. The van der Waals surface area contributed by atoms with Crippen LogP contribution in [0.2, 0.25) is 0 Å². The highest BCUT2D eigenvalue weighted by Gasteiger charge is 2.37. The van der Waals surface area contributed by atoms with Crippen molar-refractivity contribution in [1.82, 2.24) is 9.97 Å². The zero-order valence-corrected chi connectivity index (χ0v) is 13.1. The summed E-state index contributed by atoms with van der Waals surface area (Å²) < 4.78 is 83.2. The van der Waals surface area contributed by atoms with Gasteiger partial charge in [0.15, 0.2) is 0 Å². The number of aryl methyl sites for hydroxylation is 1. The summed E-state index contributed by atoms with van der Waals surface area (Å²) in [6.07, 6.45) is -6.92. The quantitative estimate of drug-likeness (QED) is 0.538. The Morgan fingerprint density at radius 1 is 0.808 bits per heavy atom. The molecule has 1 aromatic carbocycles. The first-order valence-electron chi connectivity index (χ1n) is 7.23. The Morgan fingerprint density at radius 3 is 1.85 bits per heavy atom. The number of hydrogen-bond donors (Lipinski definition) is 0. The first kappa shape index (κ1) is 18.0. The van der Waals surface area contributed by atoms with Crippen LogP contribution in [0.1, 0.15) is 16.9 Å². The third-order valence-corrected chi connectivity index (χ3v) is 3.58. The number of halogens is 6. The van der Waals surface area contributed by atoms with Gasteiger partial charge >= 0.3 is 12.4 Å². The normalized spacial score (nSPS) is 12.4. The minimum Gasteiger partial charge on any atom is -0.441 e. The maximum absolute atomic E-state index is 13.0. The molecule has 3 aromatic rings. The molecule has 0 unspecified atom stereocenters. The van der Waals surface area contributed by atoms with Crippen molar-refractivity contribution in [3.8, 4) is 22.7 Å². The fraction of sp³-hybridized carbons (Fsp3) is 0.176. The molecule has 0 fully saturated rings. The molecule has 2 heterocycles. The minimum atomic E-state index is -4.94. The molecule has 26 heavy (non-hydrogen) atoms. The molecule has 0 saturated heterocycles. The molecule has 0 atom stereocenters. The number of pyridine rings is 1. The van der Waals surface area contributed by atoms with Gasteiger partial charge in [-0.1, -0.05) is 0 Å². The van der Waals surface area contributed by atoms with Gasteiger partial charge in [0.2, 0.25) is 5.89 Å². The van der Waals surface area contributed by atoms with E-state index in [1.54, 1.807) is 12.1 Å². The predicted molar refractivity (Wildman–Crippen MR) is 79.9 cm³/mol. The first-order valence-corrected chi connectivity index (χ1v) is 7.23. The van der Waals surface area contributed by atoms with Crippen molar-refractivity contribution in [3.05, 3.63) is 59.6 Å². The summed E-state index contributed by atoms with van der Waals surface area (Å²) in [5.41, 5.74) is -2.37. The van der Waals surface area contributed by atoms with Crippen molar-refractivity contribution in [1.29, 1.82) is 0 Å². The van der Waals surface area contributed by atoms with E-state index in [9.17, 15) is 26.3 Å². The molecule has 0 radical (unpaired) electrons. The van der Waals surface area contributed by atoms with Gasteiger partial charge in [-0.25, -0.2) is 4.98 Å². The van der Waals surface area contributed by atoms with Gasteiger partial charge in [0.05, 0.1) is 11.1 Å². The molecule has 3 rings (SSSR count). The topological polar surface area (TPSA) is 38.9 Å². The predicted octanol–water partition coefficient (Wildman–Crippen LogP) is 5.75. The standard InChI is InChI=1S/C17H10F6N2O/c1-9-14(10-2-4-24-5-3-10)25-15(26-9)11-6-12(16(18,19)20)8-13(7-11)17(21,22)23/h2-8H,1H3. The molecular formula is C17H10F6N2O. The molecule has 136 valence electrons. The average molecular weight is 372 g/mol. The van der Waals surface area contributed by atoms with Crippen molar-refractivity contribution in [2.24, 2.45) is 0 Å². The van der Waals surface area contributed by atoms with Crippen molar-refractivity contribution >= 4 is 0 Å². The highest BCUT2D eigenvalue weighted by atomic mass is 19.4. The van der Waals surface area contributed by atoms with E-state index in [0.29, 0.717) is 23.4 Å². The van der Waals surface area contributed by atoms with Crippen molar-refractivity contribution in [3.63, 3.8) is 0 Å². The van der Waals surface area contributed by atoms with Crippen LogP contribution in [0.25, 0.3) is 22.7 Å². The summed E-state index contributed by atoms with van der Waals surface area (Å²) in [5.74, 6) is -0.0666. The van der Waals surface area contributed by atoms with E-state index in [2.05, 4.69) is 9.97 Å². The van der Waals surface area contributed by atoms with E-state index in [1.807, 2.05) is 0 Å². The third kappa shape index (κ3) is 3.56. The van der Waals surface area contributed by atoms with E-state index in [1.165, 1.54) is 19.3 Å². The van der Waals surface area contributed by atoms with Crippen molar-refractivity contribution < 1.29 is 30.8 Å². The van der Waals surface area contributed by atoms with Gasteiger partial charge in [-0.3, -0.25) is 4.98 Å². The minimum absolute atomic E-state index is 0.0586. The second-order valence-corrected chi connectivity index (χ2v) is 5.45. The lowest BCUT2D eigenvalue weighted by Crippen LogP contribution is -2.11. The Balaban J connectivity index is 2.15. The number of alkyl halides is 6. The second kappa shape index (κ2) is 6.15. The van der Waals surface area contributed by atoms with Crippen LogP contribution in [0.5, 0.6) is 0 Å². The summed E-state index contributed by atoms with van der Waals surface area (Å²) >= 11 is 0. The smallest absolute Gasteiger partial charge is 0.416 e. The number of nitrogens with zero attached hydrogens (tertiary/aromatic N) is 2. The van der Waals surface area contributed by atoms with E-state index in [0.717, 1.165) is 0 Å². The summed E-state index contributed by atoms with van der Waals surface area (Å²) in [5, 5.41) is 0. The number of rotatable bonds is 2. The van der Waals surface area contributed by atoms with Gasteiger partial charge in [-0.2, -0.15) is 26.3 Å². The lowest BCUT2D eigenvalue weighted by molar-refractivity contribution is -0.143. The van der Waals surface area contributed by atoms with E-state index in [4.69, 9.17) is 4.42 Å². The molecule has 3 nitrogen and oxygen atoms in total. The maximum atomic E-state index is 13.0. The van der Waals surface area contributed by atoms with Crippen LogP contribution in [-0.2, 0) is 12.4 Å². The fourth-order valence-corrected chi connectivity index (χ4v) is 2.38. The van der Waals surface area contributed by atoms with Crippen LogP contribution < -0.4 is 0 Å². The lowest BCUT2D eigenvalue weighted by atomic mass is 10.0. The second-order valence-electron chi connectivity index (χ2n) is 5.45. The zero-order valence-electron chi connectivity index (χ0n) is 13.1. The SMILES string of the molecule is Cc1oc(-c2cc(C(F)(F)F)cc(C(F)(F)F)c2)nc1-c1ccncc1. The molecule has 0 amide bonds. The van der Waals surface area contributed by atoms with Crippen molar-refractivity contribution in [2.75, 3.05) is 0 Å². The van der Waals surface area contributed by atoms with Gasteiger partial charge in [-0.15, -0.1) is 0 Å². The molecule has 0 spiro atoms. The molecule has 2 aromatic heterocycles. The van der Waals surface area contributed by atoms with E-state index in [-0.39, 0.29) is 17.7 Å². The molecule has 0 aliphatic rings. The molecule has 0 N–H and O–H groups in total. The van der Waals surface area contributed by atoms with Crippen LogP contribution in [0, 0.1) is 6.92 Å². The summed E-state index contributed by atoms with van der Waals surface area (Å²) in [6.45, 7) is 1.52. The van der Waals surface area contributed by atoms with Gasteiger partial charge in [0.1, 0.15) is 11.5 Å². The Hall–Kier alpha value is -2.84. The van der Waals surface area contributed by atoms with Crippen LogP contribution in [0.15, 0.2) is 47.1 Å². The first-order chi connectivity index (χ1) is 12.1. The van der Waals surface area contributed by atoms with Gasteiger partial charge < -0.3 is 4.42 Å². The summed E-state index contributed by atoms with van der Waals surface area (Å²) in [6, 6.07) is 4.42. The van der Waals surface area contributed by atoms with Crippen molar-refractivity contribution in [2.45, 2.75) is 19.3 Å². The lowest BCUT2D eigenvalue weighted by Gasteiger charge is -2.13. The molecule has 0 aliphatic heterocycles. The number of aromatic nitrogens is 2. The Morgan fingerprint density at radius 2 is 1.35 bits per heavy atom. The summed E-state index contributed by atoms with van der Waals surface area (Å²) in [7, 11) is 0. The molecule has 0 bridgehead atoms. The zero-order chi connectivity index (χ0) is 19.1. The largest absolute Gasteiger partial charge is 0.441 e. The van der Waals surface area contributed by atoms with E-state index < -0.39 is 29.0 Å². The molecule has 9 heteroatoms. The van der Waals surface area contributed by atoms with E-state index >= 15 is 0 Å². The Kier molecular flexibility index (Phi) is 4.25. The number of oxazole rings is 1. The Labute approximate surface area is 143 Å². The van der Waals surface area contributed by atoms with Crippen LogP contribution in [0.3, 0.4) is 0 Å². The van der Waals surface area contributed by atoms with Gasteiger partial charge in [0, 0.05) is 23.5 Å². The van der Waals surface area contributed by atoms with Gasteiger partial charge in [-0.05, 0) is 37.3 Å². The highest BCUT2D eigenvalue weighted by Crippen LogP contribution is 2.39. The average Bonchev–Trinajstić information content (AvgIpc) is 2.95. The molecule has 0 aliphatic carbocycles. The van der Waals surface area contributed by atoms with Gasteiger partial charge in [0.25, 0.3) is 0 Å². The Bertz CT molecular complexity index is 896. The maximum Gasteiger partial charge on any atom is 0.416 e. The van der Waals surface area contributed by atoms with Crippen LogP contribution in [0.4, 0.5) is 26.3 Å².